The molecule has 0 saturated heterocycles. The molecule has 1 aromatic rings. The molecular weight excluding hydrogens is 282 g/mol. The fraction of sp³-hybridized carbons (Fsp3) is 0.250. The molecule has 1 aromatic heterocycles. The summed E-state index contributed by atoms with van der Waals surface area (Å²) >= 11 is 0. The van der Waals surface area contributed by atoms with Gasteiger partial charge in [-0.2, -0.15) is 0 Å². The Kier molecular flexibility index (Phi) is 2.89. The number of rotatable bonds is 1. The van der Waals surface area contributed by atoms with Gasteiger partial charge in [0.25, 0.3) is 5.91 Å². The van der Waals surface area contributed by atoms with E-state index in [4.69, 9.17) is 4.52 Å². The molecule has 22 heavy (non-hydrogen) atoms. The minimum atomic E-state index is -0.490. The monoisotopic (exact) mass is 295 g/mol. The number of hydrogen-bond donors (Lipinski definition) is 1. The molecule has 1 N–H and O–H groups in total. The fourth-order valence-electron chi connectivity index (χ4n) is 3.16. The summed E-state index contributed by atoms with van der Waals surface area (Å²) in [4.78, 5) is 28.0. The van der Waals surface area contributed by atoms with Gasteiger partial charge in [0.1, 0.15) is 0 Å². The van der Waals surface area contributed by atoms with E-state index >= 15 is 0 Å². The lowest BCUT2D eigenvalue weighted by Crippen LogP contribution is -2.35. The van der Waals surface area contributed by atoms with Gasteiger partial charge in [-0.25, -0.2) is 4.99 Å². The van der Waals surface area contributed by atoms with Gasteiger partial charge in [0.05, 0.1) is 11.9 Å². The molecule has 6 nitrogen and oxygen atoms in total. The van der Waals surface area contributed by atoms with E-state index in [1.807, 2.05) is 12.2 Å². The van der Waals surface area contributed by atoms with Gasteiger partial charge in [-0.3, -0.25) is 9.59 Å². The Morgan fingerprint density at radius 1 is 1.41 bits per heavy atom. The number of hydrogen-bond acceptors (Lipinski definition) is 4. The number of carbonyl (C=O) groups excluding carboxylic acids is 2. The molecule has 4 rings (SSSR count). The molecule has 2 aliphatic carbocycles. The highest BCUT2D eigenvalue weighted by Gasteiger charge is 2.34. The number of aliphatic imine (C=N–C) groups is 1. The van der Waals surface area contributed by atoms with Crippen LogP contribution in [-0.2, 0) is 4.79 Å². The molecule has 0 aromatic carbocycles. The molecule has 2 heterocycles. The van der Waals surface area contributed by atoms with Crippen LogP contribution in [0.15, 0.2) is 56.9 Å². The number of aromatic nitrogens is 1. The van der Waals surface area contributed by atoms with Crippen molar-refractivity contribution in [3.8, 4) is 0 Å². The van der Waals surface area contributed by atoms with Crippen LogP contribution in [0.5, 0.6) is 0 Å². The van der Waals surface area contributed by atoms with E-state index < -0.39 is 5.91 Å². The fourth-order valence-corrected chi connectivity index (χ4v) is 3.16. The molecule has 0 spiro atoms. The number of nitrogens with zero attached hydrogens (tertiary/aromatic N) is 2. The van der Waals surface area contributed by atoms with Gasteiger partial charge in [-0.05, 0) is 37.0 Å². The number of allylic oxidation sites excluding steroid dienone is 3. The summed E-state index contributed by atoms with van der Waals surface area (Å²) in [6, 6.07) is 1.47. The molecule has 2 amide bonds. The van der Waals surface area contributed by atoms with Crippen molar-refractivity contribution in [3.05, 3.63) is 53.1 Å². The lowest BCUT2D eigenvalue weighted by Gasteiger charge is -2.28. The largest absolute Gasteiger partial charge is 0.351 e. The highest BCUT2D eigenvalue weighted by Crippen LogP contribution is 2.39. The van der Waals surface area contributed by atoms with Gasteiger partial charge in [-0.15, -0.1) is 0 Å². The van der Waals surface area contributed by atoms with Crippen LogP contribution in [0.1, 0.15) is 29.8 Å². The maximum Gasteiger partial charge on any atom is 0.316 e. The zero-order chi connectivity index (χ0) is 15.1. The third-order valence-electron chi connectivity index (χ3n) is 4.15. The minimum absolute atomic E-state index is 0.0220. The van der Waals surface area contributed by atoms with Crippen molar-refractivity contribution in [1.29, 1.82) is 0 Å². The Balaban J connectivity index is 1.65. The molecule has 3 aliphatic rings. The normalized spacial score (nSPS) is 24.9. The molecule has 0 saturated carbocycles. The van der Waals surface area contributed by atoms with E-state index in [1.54, 1.807) is 6.08 Å². The summed E-state index contributed by atoms with van der Waals surface area (Å²) in [6.45, 7) is 0. The van der Waals surface area contributed by atoms with E-state index in [2.05, 4.69) is 15.5 Å². The zero-order valence-electron chi connectivity index (χ0n) is 11.7. The Labute approximate surface area is 126 Å². The highest BCUT2D eigenvalue weighted by molar-refractivity contribution is 6.13. The first-order valence-corrected chi connectivity index (χ1v) is 7.19. The molecule has 1 aliphatic heterocycles. The van der Waals surface area contributed by atoms with Crippen molar-refractivity contribution in [1.82, 2.24) is 10.5 Å². The summed E-state index contributed by atoms with van der Waals surface area (Å²) in [5, 5.41) is 6.40. The zero-order valence-corrected chi connectivity index (χ0v) is 11.7. The SMILES string of the molecule is O=C1NC2=CC(=NC(=O)c3ccno3)C=CC2C2=C1CCC2. The van der Waals surface area contributed by atoms with Crippen LogP contribution in [0.2, 0.25) is 0 Å². The quantitative estimate of drug-likeness (QED) is 0.858. The first-order chi connectivity index (χ1) is 10.7. The predicted molar refractivity (Wildman–Crippen MR) is 78.0 cm³/mol. The summed E-state index contributed by atoms with van der Waals surface area (Å²) in [5.74, 6) is -0.314. The molecule has 0 bridgehead atoms. The number of amides is 2. The Morgan fingerprint density at radius 2 is 2.32 bits per heavy atom. The molecule has 0 fully saturated rings. The van der Waals surface area contributed by atoms with Crippen molar-refractivity contribution >= 4 is 17.5 Å². The van der Waals surface area contributed by atoms with Gasteiger partial charge in [0.15, 0.2) is 0 Å². The molecular formula is C16H13N3O3. The minimum Gasteiger partial charge on any atom is -0.351 e. The Hall–Kier alpha value is -2.76. The highest BCUT2D eigenvalue weighted by atomic mass is 16.5. The van der Waals surface area contributed by atoms with Crippen molar-refractivity contribution in [2.75, 3.05) is 0 Å². The second kappa shape index (κ2) is 4.91. The van der Waals surface area contributed by atoms with Crippen LogP contribution in [0.3, 0.4) is 0 Å². The number of fused-ring (bicyclic) bond motifs is 2. The maximum absolute atomic E-state index is 12.1. The summed E-state index contributed by atoms with van der Waals surface area (Å²) in [7, 11) is 0. The molecule has 0 radical (unpaired) electrons. The van der Waals surface area contributed by atoms with E-state index in [0.717, 1.165) is 30.5 Å². The third-order valence-corrected chi connectivity index (χ3v) is 4.15. The molecule has 110 valence electrons. The van der Waals surface area contributed by atoms with E-state index in [0.29, 0.717) is 5.71 Å². The van der Waals surface area contributed by atoms with Gasteiger partial charge >= 0.3 is 5.91 Å². The topological polar surface area (TPSA) is 84.6 Å². The number of carbonyl (C=O) groups is 2. The van der Waals surface area contributed by atoms with Gasteiger partial charge in [0.2, 0.25) is 5.76 Å². The van der Waals surface area contributed by atoms with E-state index in [1.165, 1.54) is 17.8 Å². The van der Waals surface area contributed by atoms with Gasteiger partial charge < -0.3 is 9.84 Å². The molecule has 1 unspecified atom stereocenters. The molecule has 6 heteroatoms. The smallest absolute Gasteiger partial charge is 0.316 e. The van der Waals surface area contributed by atoms with Crippen LogP contribution in [0.4, 0.5) is 0 Å². The lowest BCUT2D eigenvalue weighted by molar-refractivity contribution is -0.117. The van der Waals surface area contributed by atoms with Crippen molar-refractivity contribution in [3.63, 3.8) is 0 Å². The lowest BCUT2D eigenvalue weighted by atomic mass is 9.85. The standard InChI is InChI=1S/C16H13N3O3/c20-15-12-3-1-2-10(12)11-5-4-9(8-13(11)19-15)18-16(21)14-6-7-17-22-14/h4-8,11H,1-3H2,(H,19,20). The second-order valence-corrected chi connectivity index (χ2v) is 5.47. The summed E-state index contributed by atoms with van der Waals surface area (Å²) in [5.41, 5.74) is 3.41. The van der Waals surface area contributed by atoms with Crippen molar-refractivity contribution in [2.45, 2.75) is 19.3 Å². The molecule has 1 atom stereocenters. The summed E-state index contributed by atoms with van der Waals surface area (Å²) in [6.07, 6.45) is 9.78. The van der Waals surface area contributed by atoms with Crippen LogP contribution < -0.4 is 5.32 Å². The maximum atomic E-state index is 12.1. The first-order valence-electron chi connectivity index (χ1n) is 7.19. The predicted octanol–water partition coefficient (Wildman–Crippen LogP) is 1.94. The van der Waals surface area contributed by atoms with Gasteiger partial charge in [0, 0.05) is 23.3 Å². The summed E-state index contributed by atoms with van der Waals surface area (Å²) < 4.78 is 4.79. The van der Waals surface area contributed by atoms with Crippen LogP contribution in [0, 0.1) is 5.92 Å². The first kappa shape index (κ1) is 12.9. The van der Waals surface area contributed by atoms with Gasteiger partial charge in [-0.1, -0.05) is 11.2 Å². The average Bonchev–Trinajstić information content (AvgIpc) is 3.19. The average molecular weight is 295 g/mol. The van der Waals surface area contributed by atoms with Crippen LogP contribution >= 0.6 is 0 Å². The van der Waals surface area contributed by atoms with Crippen LogP contribution in [0.25, 0.3) is 0 Å². The number of nitrogens with one attached hydrogen (secondary N) is 1. The second-order valence-electron chi connectivity index (χ2n) is 5.47. The van der Waals surface area contributed by atoms with Crippen molar-refractivity contribution < 1.29 is 14.1 Å². The van der Waals surface area contributed by atoms with Crippen LogP contribution in [-0.4, -0.2) is 22.7 Å². The van der Waals surface area contributed by atoms with Crippen molar-refractivity contribution in [2.24, 2.45) is 10.9 Å². The Morgan fingerprint density at radius 3 is 3.14 bits per heavy atom. The van der Waals surface area contributed by atoms with E-state index in [9.17, 15) is 9.59 Å². The Bertz CT molecular complexity index is 782. The van der Waals surface area contributed by atoms with E-state index in [-0.39, 0.29) is 17.6 Å². The third kappa shape index (κ3) is 2.04.